The highest BCUT2D eigenvalue weighted by Crippen LogP contribution is 2.18. The van der Waals surface area contributed by atoms with E-state index in [0.29, 0.717) is 30.9 Å². The standard InChI is InChI=1S/C14H19NO4/c1-2-19-13-6-4-3-5-10(13)14(17)15-11-7-8-18-9-12(11)16/h3-6,11-12,16H,2,7-9H2,1H3,(H,15,17)/t11-,12-/m0/s1. The van der Waals surface area contributed by atoms with E-state index in [4.69, 9.17) is 9.47 Å². The molecule has 0 unspecified atom stereocenters. The summed E-state index contributed by atoms with van der Waals surface area (Å²) >= 11 is 0. The molecule has 0 bridgehead atoms. The number of rotatable bonds is 4. The van der Waals surface area contributed by atoms with Crippen LogP contribution in [0.3, 0.4) is 0 Å². The molecule has 0 saturated carbocycles. The van der Waals surface area contributed by atoms with Gasteiger partial charge in [0.05, 0.1) is 30.9 Å². The van der Waals surface area contributed by atoms with Crippen molar-refractivity contribution in [2.45, 2.75) is 25.5 Å². The summed E-state index contributed by atoms with van der Waals surface area (Å²) in [4.78, 5) is 12.2. The zero-order valence-corrected chi connectivity index (χ0v) is 11.0. The molecule has 19 heavy (non-hydrogen) atoms. The normalized spacial score (nSPS) is 22.8. The number of hydrogen-bond donors (Lipinski definition) is 2. The van der Waals surface area contributed by atoms with E-state index in [-0.39, 0.29) is 18.6 Å². The van der Waals surface area contributed by atoms with E-state index in [1.807, 2.05) is 13.0 Å². The number of benzene rings is 1. The van der Waals surface area contributed by atoms with Crippen LogP contribution in [-0.2, 0) is 4.74 Å². The van der Waals surface area contributed by atoms with Crippen molar-refractivity contribution < 1.29 is 19.4 Å². The van der Waals surface area contributed by atoms with Gasteiger partial charge in [0.15, 0.2) is 0 Å². The summed E-state index contributed by atoms with van der Waals surface area (Å²) in [5.41, 5.74) is 0.489. The van der Waals surface area contributed by atoms with Crippen LogP contribution >= 0.6 is 0 Å². The quantitative estimate of drug-likeness (QED) is 0.851. The van der Waals surface area contributed by atoms with Crippen LogP contribution < -0.4 is 10.1 Å². The predicted octanol–water partition coefficient (Wildman–Crippen LogP) is 0.965. The monoisotopic (exact) mass is 265 g/mol. The SMILES string of the molecule is CCOc1ccccc1C(=O)N[C@H]1CCOC[C@@H]1O. The van der Waals surface area contributed by atoms with Crippen molar-refractivity contribution in [1.29, 1.82) is 0 Å². The Morgan fingerprint density at radius 2 is 2.32 bits per heavy atom. The van der Waals surface area contributed by atoms with Crippen molar-refractivity contribution in [3.8, 4) is 5.75 Å². The smallest absolute Gasteiger partial charge is 0.255 e. The number of hydrogen-bond acceptors (Lipinski definition) is 4. The van der Waals surface area contributed by atoms with E-state index in [2.05, 4.69) is 5.32 Å². The zero-order valence-electron chi connectivity index (χ0n) is 11.0. The van der Waals surface area contributed by atoms with Crippen LogP contribution in [0.5, 0.6) is 5.75 Å². The maximum Gasteiger partial charge on any atom is 0.255 e. The number of carbonyl (C=O) groups excluding carboxylic acids is 1. The fourth-order valence-corrected chi connectivity index (χ4v) is 2.07. The maximum atomic E-state index is 12.2. The first-order chi connectivity index (χ1) is 9.22. The molecule has 2 N–H and O–H groups in total. The molecule has 2 atom stereocenters. The van der Waals surface area contributed by atoms with Gasteiger partial charge in [-0.3, -0.25) is 4.79 Å². The van der Waals surface area contributed by atoms with Gasteiger partial charge in [-0.2, -0.15) is 0 Å². The third-order valence-corrected chi connectivity index (χ3v) is 3.07. The number of ether oxygens (including phenoxy) is 2. The van der Waals surface area contributed by atoms with Crippen molar-refractivity contribution >= 4 is 5.91 Å². The van der Waals surface area contributed by atoms with E-state index in [1.165, 1.54) is 0 Å². The zero-order chi connectivity index (χ0) is 13.7. The molecule has 0 aromatic heterocycles. The topological polar surface area (TPSA) is 67.8 Å². The van der Waals surface area contributed by atoms with Gasteiger partial charge in [0.1, 0.15) is 5.75 Å². The maximum absolute atomic E-state index is 12.2. The number of amides is 1. The lowest BCUT2D eigenvalue weighted by atomic mass is 10.1. The number of nitrogens with one attached hydrogen (secondary N) is 1. The van der Waals surface area contributed by atoms with Gasteiger partial charge in [0.25, 0.3) is 5.91 Å². The van der Waals surface area contributed by atoms with Gasteiger partial charge >= 0.3 is 0 Å². The van der Waals surface area contributed by atoms with Gasteiger partial charge in [-0.15, -0.1) is 0 Å². The van der Waals surface area contributed by atoms with Crippen molar-refractivity contribution in [2.75, 3.05) is 19.8 Å². The summed E-state index contributed by atoms with van der Waals surface area (Å²) in [5, 5.41) is 12.6. The third kappa shape index (κ3) is 3.45. The molecule has 1 amide bonds. The minimum absolute atomic E-state index is 0.227. The Labute approximate surface area is 112 Å². The third-order valence-electron chi connectivity index (χ3n) is 3.07. The van der Waals surface area contributed by atoms with Crippen LogP contribution in [0.1, 0.15) is 23.7 Å². The van der Waals surface area contributed by atoms with Crippen molar-refractivity contribution in [3.05, 3.63) is 29.8 Å². The first kappa shape index (κ1) is 13.8. The molecule has 5 heteroatoms. The summed E-state index contributed by atoms with van der Waals surface area (Å²) in [6, 6.07) is 6.82. The minimum Gasteiger partial charge on any atom is -0.493 e. The first-order valence-electron chi connectivity index (χ1n) is 6.51. The lowest BCUT2D eigenvalue weighted by Crippen LogP contribution is -2.48. The van der Waals surface area contributed by atoms with E-state index in [0.717, 1.165) is 0 Å². The summed E-state index contributed by atoms with van der Waals surface area (Å²) in [6.45, 7) is 3.19. The minimum atomic E-state index is -0.656. The van der Waals surface area contributed by atoms with Crippen LogP contribution in [0.15, 0.2) is 24.3 Å². The number of para-hydroxylation sites is 1. The summed E-state index contributed by atoms with van der Waals surface area (Å²) in [6.07, 6.45) is -0.0408. The van der Waals surface area contributed by atoms with Crippen LogP contribution in [-0.4, -0.2) is 43.0 Å². The molecular formula is C14H19NO4. The lowest BCUT2D eigenvalue weighted by Gasteiger charge is -2.28. The van der Waals surface area contributed by atoms with Gasteiger partial charge in [-0.05, 0) is 25.5 Å². The van der Waals surface area contributed by atoms with E-state index in [1.54, 1.807) is 18.2 Å². The molecule has 1 aliphatic heterocycles. The molecule has 0 radical (unpaired) electrons. The first-order valence-corrected chi connectivity index (χ1v) is 6.51. The van der Waals surface area contributed by atoms with Gasteiger partial charge in [-0.25, -0.2) is 0 Å². The fraction of sp³-hybridized carbons (Fsp3) is 0.500. The summed E-state index contributed by atoms with van der Waals surface area (Å²) < 4.78 is 10.6. The van der Waals surface area contributed by atoms with Crippen LogP contribution in [0.4, 0.5) is 0 Å². The Morgan fingerprint density at radius 3 is 3.05 bits per heavy atom. The molecule has 0 aliphatic carbocycles. The van der Waals surface area contributed by atoms with Crippen LogP contribution in [0, 0.1) is 0 Å². The summed E-state index contributed by atoms with van der Waals surface area (Å²) in [7, 11) is 0. The Hall–Kier alpha value is -1.59. The molecule has 2 rings (SSSR count). The van der Waals surface area contributed by atoms with Gasteiger partial charge in [0, 0.05) is 6.61 Å². The molecule has 0 spiro atoms. The van der Waals surface area contributed by atoms with Gasteiger partial charge in [-0.1, -0.05) is 12.1 Å². The van der Waals surface area contributed by atoms with Crippen molar-refractivity contribution in [2.24, 2.45) is 0 Å². The number of aliphatic hydroxyl groups excluding tert-OH is 1. The predicted molar refractivity (Wildman–Crippen MR) is 70.3 cm³/mol. The molecule has 104 valence electrons. The Kier molecular flexibility index (Phi) is 4.76. The van der Waals surface area contributed by atoms with Gasteiger partial charge in [0.2, 0.25) is 0 Å². The Balaban J connectivity index is 2.06. The van der Waals surface area contributed by atoms with Crippen molar-refractivity contribution in [1.82, 2.24) is 5.32 Å². The summed E-state index contributed by atoms with van der Waals surface area (Å²) in [5.74, 6) is 0.332. The average molecular weight is 265 g/mol. The highest BCUT2D eigenvalue weighted by atomic mass is 16.5. The van der Waals surface area contributed by atoms with Crippen LogP contribution in [0.25, 0.3) is 0 Å². The molecule has 1 fully saturated rings. The second kappa shape index (κ2) is 6.54. The molecule has 1 aromatic carbocycles. The molecule has 1 aliphatic rings. The molecule has 1 aromatic rings. The average Bonchev–Trinajstić information content (AvgIpc) is 2.42. The molecule has 1 saturated heterocycles. The lowest BCUT2D eigenvalue weighted by molar-refractivity contribution is -0.0261. The highest BCUT2D eigenvalue weighted by Gasteiger charge is 2.26. The van der Waals surface area contributed by atoms with E-state index < -0.39 is 6.10 Å². The Bertz CT molecular complexity index is 435. The number of aliphatic hydroxyl groups is 1. The molecule has 5 nitrogen and oxygen atoms in total. The fourth-order valence-electron chi connectivity index (χ4n) is 2.07. The van der Waals surface area contributed by atoms with E-state index in [9.17, 15) is 9.90 Å². The molecular weight excluding hydrogens is 246 g/mol. The second-order valence-corrected chi connectivity index (χ2v) is 4.44. The molecule has 1 heterocycles. The number of carbonyl (C=O) groups is 1. The Morgan fingerprint density at radius 1 is 1.53 bits per heavy atom. The van der Waals surface area contributed by atoms with Crippen molar-refractivity contribution in [3.63, 3.8) is 0 Å². The second-order valence-electron chi connectivity index (χ2n) is 4.44. The van der Waals surface area contributed by atoms with E-state index >= 15 is 0 Å². The van der Waals surface area contributed by atoms with Crippen LogP contribution in [0.2, 0.25) is 0 Å². The largest absolute Gasteiger partial charge is 0.493 e. The highest BCUT2D eigenvalue weighted by molar-refractivity contribution is 5.97. The van der Waals surface area contributed by atoms with Gasteiger partial charge < -0.3 is 19.9 Å².